The Morgan fingerprint density at radius 3 is 2.52 bits per heavy atom. The van der Waals surface area contributed by atoms with E-state index in [1.165, 1.54) is 45.1 Å². The molecule has 33 heavy (non-hydrogen) atoms. The largest absolute Gasteiger partial charge is 0.497 e. The van der Waals surface area contributed by atoms with Gasteiger partial charge in [-0.2, -0.15) is 0 Å². The fraction of sp³-hybridized carbons (Fsp3) is 0.760. The van der Waals surface area contributed by atoms with Crippen LogP contribution in [0.25, 0.3) is 0 Å². The van der Waals surface area contributed by atoms with E-state index in [1.54, 1.807) is 25.3 Å². The standard InChI is InChI=1S/C18H25NO.C7H17NO5/c1-19-10-9-18-8-4-3-5-15(18)17(19)11-13-6-7-14(20-2)12-16(13)18;1-8-2-4(10)6(12)7(13)5(11)3-9/h6-7,12,15,17H,3-5,8-11H2,1-2H3;4-13H,2-3H2,1H3/t15-,17-,18-;4-,5+,6+,7+/m10/s1. The summed E-state index contributed by atoms with van der Waals surface area (Å²) in [5.74, 6) is 1.91. The summed E-state index contributed by atoms with van der Waals surface area (Å²) < 4.78 is 5.51. The van der Waals surface area contributed by atoms with Crippen molar-refractivity contribution < 1.29 is 30.3 Å². The summed E-state index contributed by atoms with van der Waals surface area (Å²) in [6, 6.07) is 7.60. The monoisotopic (exact) mass is 466 g/mol. The minimum absolute atomic E-state index is 0.0936. The number of aliphatic hydroxyl groups excluding tert-OH is 5. The Hall–Kier alpha value is -1.26. The van der Waals surface area contributed by atoms with Crippen LogP contribution in [0, 0.1) is 5.92 Å². The van der Waals surface area contributed by atoms with Crippen molar-refractivity contribution in [3.05, 3.63) is 29.3 Å². The van der Waals surface area contributed by atoms with Gasteiger partial charge >= 0.3 is 0 Å². The number of rotatable bonds is 7. The van der Waals surface area contributed by atoms with E-state index in [2.05, 4.69) is 35.5 Å². The van der Waals surface area contributed by atoms with Crippen molar-refractivity contribution >= 4 is 0 Å². The Labute approximate surface area is 197 Å². The van der Waals surface area contributed by atoms with Crippen molar-refractivity contribution in [1.29, 1.82) is 0 Å². The number of nitrogens with one attached hydrogen (secondary N) is 1. The van der Waals surface area contributed by atoms with Crippen LogP contribution >= 0.6 is 0 Å². The molecule has 188 valence electrons. The SMILES string of the molecule is CNC[C@H](O)[C@@H](O)[C@H](O)[C@H](O)CO.COc1ccc2c(c1)[C@@]13CCCC[C@@H]1[C@@H](C2)N(C)CC3. The van der Waals surface area contributed by atoms with Gasteiger partial charge in [0.05, 0.1) is 19.8 Å². The summed E-state index contributed by atoms with van der Waals surface area (Å²) in [6.07, 6.45) is 2.58. The summed E-state index contributed by atoms with van der Waals surface area (Å²) in [7, 11) is 5.69. The minimum Gasteiger partial charge on any atom is -0.497 e. The third-order valence-electron chi connectivity index (χ3n) is 8.06. The third-order valence-corrected chi connectivity index (χ3v) is 8.06. The second kappa shape index (κ2) is 11.4. The molecule has 2 bridgehead atoms. The zero-order valence-corrected chi connectivity index (χ0v) is 20.2. The number of aliphatic hydroxyl groups is 5. The quantitative estimate of drug-likeness (QED) is 0.332. The molecule has 4 rings (SSSR count). The van der Waals surface area contributed by atoms with E-state index in [0.29, 0.717) is 5.41 Å². The summed E-state index contributed by atoms with van der Waals surface area (Å²) in [6.45, 7) is 0.693. The summed E-state index contributed by atoms with van der Waals surface area (Å²) in [4.78, 5) is 2.63. The first-order chi connectivity index (χ1) is 15.8. The van der Waals surface area contributed by atoms with Crippen molar-refractivity contribution in [3.63, 3.8) is 0 Å². The lowest BCUT2D eigenvalue weighted by molar-refractivity contribution is -0.113. The molecule has 0 radical (unpaired) electrons. The number of ether oxygens (including phenoxy) is 1. The van der Waals surface area contributed by atoms with Gasteiger partial charge in [0.25, 0.3) is 0 Å². The highest BCUT2D eigenvalue weighted by Crippen LogP contribution is 2.55. The maximum absolute atomic E-state index is 9.21. The van der Waals surface area contributed by atoms with Crippen molar-refractivity contribution in [1.82, 2.24) is 10.2 Å². The van der Waals surface area contributed by atoms with Crippen LogP contribution in [-0.2, 0) is 11.8 Å². The van der Waals surface area contributed by atoms with Crippen LogP contribution in [0.15, 0.2) is 18.2 Å². The van der Waals surface area contributed by atoms with Crippen LogP contribution < -0.4 is 10.1 Å². The van der Waals surface area contributed by atoms with Gasteiger partial charge in [-0.15, -0.1) is 0 Å². The Bertz CT molecular complexity index is 764. The van der Waals surface area contributed by atoms with Gasteiger partial charge in [-0.25, -0.2) is 0 Å². The van der Waals surface area contributed by atoms with Gasteiger partial charge in [0.2, 0.25) is 0 Å². The molecule has 2 fully saturated rings. The van der Waals surface area contributed by atoms with Crippen LogP contribution in [0.2, 0.25) is 0 Å². The van der Waals surface area contributed by atoms with E-state index < -0.39 is 31.0 Å². The molecule has 0 spiro atoms. The van der Waals surface area contributed by atoms with E-state index >= 15 is 0 Å². The topological polar surface area (TPSA) is 126 Å². The van der Waals surface area contributed by atoms with E-state index in [9.17, 15) is 5.11 Å². The van der Waals surface area contributed by atoms with E-state index in [-0.39, 0.29) is 6.54 Å². The number of hydrogen-bond donors (Lipinski definition) is 6. The van der Waals surface area contributed by atoms with Gasteiger partial charge in [0.1, 0.15) is 24.1 Å². The molecule has 6 N–H and O–H groups in total. The highest BCUT2D eigenvalue weighted by molar-refractivity contribution is 5.45. The van der Waals surface area contributed by atoms with Gasteiger partial charge in [0, 0.05) is 18.0 Å². The zero-order valence-electron chi connectivity index (χ0n) is 20.2. The minimum atomic E-state index is -1.55. The lowest BCUT2D eigenvalue weighted by atomic mass is 9.52. The second-order valence-electron chi connectivity index (χ2n) is 9.89. The molecule has 8 heteroatoms. The first-order valence-corrected chi connectivity index (χ1v) is 12.1. The molecule has 0 aromatic heterocycles. The summed E-state index contributed by atoms with van der Waals surface area (Å²) in [5.41, 5.74) is 3.67. The molecule has 1 aromatic carbocycles. The molecule has 1 saturated heterocycles. The Morgan fingerprint density at radius 1 is 1.12 bits per heavy atom. The summed E-state index contributed by atoms with van der Waals surface area (Å²) >= 11 is 0. The fourth-order valence-electron chi connectivity index (χ4n) is 6.20. The van der Waals surface area contributed by atoms with Crippen LogP contribution in [0.5, 0.6) is 5.75 Å². The third kappa shape index (κ3) is 5.37. The molecule has 3 aliphatic rings. The first kappa shape index (κ1) is 26.3. The lowest BCUT2D eigenvalue weighted by Crippen LogP contribution is -2.59. The molecule has 8 nitrogen and oxygen atoms in total. The number of likely N-dealkylation sites (N-methyl/N-ethyl adjacent to an activating group) is 2. The first-order valence-electron chi connectivity index (χ1n) is 12.1. The average Bonchev–Trinajstić information content (AvgIpc) is 2.85. The molecule has 7 atom stereocenters. The molecule has 1 aromatic rings. The number of piperidine rings is 1. The van der Waals surface area contributed by atoms with Crippen molar-refractivity contribution in [2.24, 2.45) is 5.92 Å². The molecule has 1 saturated carbocycles. The molecule has 1 aliphatic heterocycles. The van der Waals surface area contributed by atoms with E-state index in [4.69, 9.17) is 25.2 Å². The Kier molecular flexibility index (Phi) is 9.14. The second-order valence-corrected chi connectivity index (χ2v) is 9.89. The Balaban J connectivity index is 0.000000207. The summed E-state index contributed by atoms with van der Waals surface area (Å²) in [5, 5.41) is 47.5. The smallest absolute Gasteiger partial charge is 0.119 e. The molecule has 0 unspecified atom stereocenters. The maximum atomic E-state index is 9.21. The number of nitrogens with zero attached hydrogens (tertiary/aromatic N) is 1. The van der Waals surface area contributed by atoms with Crippen LogP contribution in [-0.4, -0.2) is 102 Å². The van der Waals surface area contributed by atoms with Crippen LogP contribution in [0.3, 0.4) is 0 Å². The highest BCUT2D eigenvalue weighted by atomic mass is 16.5. The van der Waals surface area contributed by atoms with E-state index in [1.807, 2.05) is 0 Å². The predicted molar refractivity (Wildman–Crippen MR) is 126 cm³/mol. The van der Waals surface area contributed by atoms with Crippen molar-refractivity contribution in [2.45, 2.75) is 74.4 Å². The van der Waals surface area contributed by atoms with Crippen molar-refractivity contribution in [2.75, 3.05) is 40.9 Å². The number of likely N-dealkylation sites (tertiary alicyclic amines) is 1. The predicted octanol–water partition coefficient (Wildman–Crippen LogP) is 0.0251. The molecule has 2 aliphatic carbocycles. The molecular formula is C25H42N2O6. The van der Waals surface area contributed by atoms with Gasteiger partial charge in [-0.3, -0.25) is 0 Å². The van der Waals surface area contributed by atoms with Gasteiger partial charge in [0.15, 0.2) is 0 Å². The zero-order chi connectivity index (χ0) is 24.2. The van der Waals surface area contributed by atoms with Gasteiger partial charge in [-0.1, -0.05) is 18.9 Å². The van der Waals surface area contributed by atoms with Crippen molar-refractivity contribution in [3.8, 4) is 5.75 Å². The normalized spacial score (nSPS) is 30.1. The molecular weight excluding hydrogens is 424 g/mol. The fourth-order valence-corrected chi connectivity index (χ4v) is 6.20. The maximum Gasteiger partial charge on any atom is 0.119 e. The van der Waals surface area contributed by atoms with E-state index in [0.717, 1.165) is 17.7 Å². The number of methoxy groups -OCH3 is 1. The number of hydrogen-bond acceptors (Lipinski definition) is 8. The van der Waals surface area contributed by atoms with Crippen LogP contribution in [0.1, 0.15) is 43.2 Å². The highest BCUT2D eigenvalue weighted by Gasteiger charge is 2.53. The molecule has 0 amide bonds. The molecule has 1 heterocycles. The van der Waals surface area contributed by atoms with Gasteiger partial charge < -0.3 is 40.5 Å². The van der Waals surface area contributed by atoms with Gasteiger partial charge in [-0.05, 0) is 75.5 Å². The number of fused-ring (bicyclic) bond motifs is 1. The Morgan fingerprint density at radius 2 is 1.85 bits per heavy atom. The average molecular weight is 467 g/mol. The van der Waals surface area contributed by atoms with Crippen LogP contribution in [0.4, 0.5) is 0 Å². The number of benzene rings is 1. The lowest BCUT2D eigenvalue weighted by Gasteiger charge is -2.58.